The first-order valence-corrected chi connectivity index (χ1v) is 9.20. The maximum Gasteiger partial charge on any atom is 0.130 e. The zero-order chi connectivity index (χ0) is 16.6. The van der Waals surface area contributed by atoms with Crippen LogP contribution in [0, 0.1) is 5.92 Å². The van der Waals surface area contributed by atoms with Gasteiger partial charge in [0, 0.05) is 35.9 Å². The number of pyridine rings is 1. The van der Waals surface area contributed by atoms with Gasteiger partial charge < -0.3 is 14.8 Å². The Hall–Kier alpha value is -1.43. The molecule has 1 aliphatic heterocycles. The number of halogens is 1. The molecule has 3 rings (SSSR count). The van der Waals surface area contributed by atoms with Crippen LogP contribution in [0.25, 0.3) is 0 Å². The van der Waals surface area contributed by atoms with Crippen LogP contribution >= 0.6 is 15.9 Å². The Morgan fingerprint density at radius 2 is 2.25 bits per heavy atom. The third kappa shape index (κ3) is 5.30. The third-order valence-electron chi connectivity index (χ3n) is 4.13. The van der Waals surface area contributed by atoms with Gasteiger partial charge in [-0.2, -0.15) is 0 Å². The van der Waals surface area contributed by atoms with Crippen molar-refractivity contribution in [1.82, 2.24) is 10.3 Å². The van der Waals surface area contributed by atoms with Gasteiger partial charge in [-0.15, -0.1) is 0 Å². The molecule has 2 heterocycles. The van der Waals surface area contributed by atoms with Gasteiger partial charge in [-0.3, -0.25) is 4.98 Å². The Morgan fingerprint density at radius 1 is 1.29 bits per heavy atom. The number of hydrogen-bond acceptors (Lipinski definition) is 4. The monoisotopic (exact) mass is 390 g/mol. The molecule has 0 bridgehead atoms. The number of nitrogens with one attached hydrogen (secondary N) is 1. The highest BCUT2D eigenvalue weighted by Crippen LogP contribution is 2.24. The summed E-state index contributed by atoms with van der Waals surface area (Å²) in [5.41, 5.74) is 2.08. The van der Waals surface area contributed by atoms with Crippen molar-refractivity contribution in [2.45, 2.75) is 26.0 Å². The Kier molecular flexibility index (Phi) is 6.64. The van der Waals surface area contributed by atoms with Crippen molar-refractivity contribution in [3.05, 3.63) is 58.3 Å². The molecule has 24 heavy (non-hydrogen) atoms. The van der Waals surface area contributed by atoms with E-state index in [4.69, 9.17) is 9.47 Å². The molecule has 4 nitrogen and oxygen atoms in total. The highest BCUT2D eigenvalue weighted by Gasteiger charge is 2.13. The molecule has 1 aromatic heterocycles. The van der Waals surface area contributed by atoms with E-state index in [0.717, 1.165) is 47.8 Å². The summed E-state index contributed by atoms with van der Waals surface area (Å²) in [7, 11) is 0. The normalized spacial score (nSPS) is 17.6. The SMILES string of the molecule is Brc1ccc(OCc2ccccn2)c(CNCC2CCCOC2)c1. The fourth-order valence-corrected chi connectivity index (χ4v) is 3.25. The van der Waals surface area contributed by atoms with Crippen molar-refractivity contribution in [2.24, 2.45) is 5.92 Å². The molecule has 0 spiro atoms. The number of nitrogens with zero attached hydrogens (tertiary/aromatic N) is 1. The molecule has 1 aliphatic rings. The van der Waals surface area contributed by atoms with Gasteiger partial charge in [-0.1, -0.05) is 22.0 Å². The summed E-state index contributed by atoms with van der Waals surface area (Å²) in [6.07, 6.45) is 4.20. The maximum atomic E-state index is 5.97. The zero-order valence-corrected chi connectivity index (χ0v) is 15.3. The van der Waals surface area contributed by atoms with Crippen LogP contribution in [0.2, 0.25) is 0 Å². The van der Waals surface area contributed by atoms with Gasteiger partial charge in [0.05, 0.1) is 12.3 Å². The number of benzene rings is 1. The predicted octanol–water partition coefficient (Wildman–Crippen LogP) is 3.94. The molecule has 1 fully saturated rings. The van der Waals surface area contributed by atoms with Gasteiger partial charge in [0.1, 0.15) is 12.4 Å². The molecule has 1 saturated heterocycles. The summed E-state index contributed by atoms with van der Waals surface area (Å²) in [5.74, 6) is 1.51. The van der Waals surface area contributed by atoms with E-state index in [0.29, 0.717) is 12.5 Å². The van der Waals surface area contributed by atoms with Crippen LogP contribution in [0.4, 0.5) is 0 Å². The molecule has 1 unspecified atom stereocenters. The molecule has 1 N–H and O–H groups in total. The first kappa shape index (κ1) is 17.4. The topological polar surface area (TPSA) is 43.4 Å². The summed E-state index contributed by atoms with van der Waals surface area (Å²) >= 11 is 3.55. The molecule has 128 valence electrons. The summed E-state index contributed by atoms with van der Waals surface area (Å²) in [6.45, 7) is 4.02. The Bertz CT molecular complexity index is 631. The highest BCUT2D eigenvalue weighted by atomic mass is 79.9. The Balaban J connectivity index is 1.56. The fourth-order valence-electron chi connectivity index (χ4n) is 2.84. The molecular weight excluding hydrogens is 368 g/mol. The lowest BCUT2D eigenvalue weighted by atomic mass is 10.0. The zero-order valence-electron chi connectivity index (χ0n) is 13.7. The van der Waals surface area contributed by atoms with Gasteiger partial charge in [-0.05, 0) is 49.1 Å². The number of rotatable bonds is 7. The lowest BCUT2D eigenvalue weighted by Gasteiger charge is -2.22. The summed E-state index contributed by atoms with van der Waals surface area (Å²) < 4.78 is 12.6. The highest BCUT2D eigenvalue weighted by molar-refractivity contribution is 9.10. The quantitative estimate of drug-likeness (QED) is 0.777. The Labute approximate surface area is 151 Å². The van der Waals surface area contributed by atoms with E-state index in [1.165, 1.54) is 12.8 Å². The molecular formula is C19H23BrN2O2. The van der Waals surface area contributed by atoms with Crippen LogP contribution in [0.5, 0.6) is 5.75 Å². The van der Waals surface area contributed by atoms with Crippen molar-refractivity contribution >= 4 is 15.9 Å². The lowest BCUT2D eigenvalue weighted by Crippen LogP contribution is -2.29. The fraction of sp³-hybridized carbons (Fsp3) is 0.421. The van der Waals surface area contributed by atoms with E-state index in [-0.39, 0.29) is 0 Å². The van der Waals surface area contributed by atoms with Crippen LogP contribution < -0.4 is 10.1 Å². The second kappa shape index (κ2) is 9.16. The van der Waals surface area contributed by atoms with E-state index in [9.17, 15) is 0 Å². The molecule has 1 aromatic carbocycles. The standard InChI is InChI=1S/C19H23BrN2O2/c20-17-6-7-19(24-14-18-5-1-2-8-22-18)16(10-17)12-21-11-15-4-3-9-23-13-15/h1-2,5-8,10,15,21H,3-4,9,11-14H2. The molecule has 0 amide bonds. The summed E-state index contributed by atoms with van der Waals surface area (Å²) in [6, 6.07) is 12.0. The van der Waals surface area contributed by atoms with Gasteiger partial charge in [0.25, 0.3) is 0 Å². The van der Waals surface area contributed by atoms with Crippen LogP contribution in [0.3, 0.4) is 0 Å². The summed E-state index contributed by atoms with van der Waals surface area (Å²) in [5, 5.41) is 3.54. The van der Waals surface area contributed by atoms with Crippen molar-refractivity contribution in [2.75, 3.05) is 19.8 Å². The minimum absolute atomic E-state index is 0.478. The minimum Gasteiger partial charge on any atom is -0.487 e. The van der Waals surface area contributed by atoms with E-state index < -0.39 is 0 Å². The van der Waals surface area contributed by atoms with Gasteiger partial charge >= 0.3 is 0 Å². The minimum atomic E-state index is 0.478. The Morgan fingerprint density at radius 3 is 3.04 bits per heavy atom. The summed E-state index contributed by atoms with van der Waals surface area (Å²) in [4.78, 5) is 4.30. The second-order valence-corrected chi connectivity index (χ2v) is 6.99. The van der Waals surface area contributed by atoms with Crippen LogP contribution in [0.15, 0.2) is 47.1 Å². The molecule has 0 radical (unpaired) electrons. The van der Waals surface area contributed by atoms with E-state index in [1.807, 2.05) is 30.3 Å². The van der Waals surface area contributed by atoms with Crippen molar-refractivity contribution in [3.8, 4) is 5.75 Å². The van der Waals surface area contributed by atoms with Crippen molar-refractivity contribution in [1.29, 1.82) is 0 Å². The molecule has 5 heteroatoms. The van der Waals surface area contributed by atoms with Crippen LogP contribution in [-0.2, 0) is 17.9 Å². The van der Waals surface area contributed by atoms with E-state index in [1.54, 1.807) is 6.20 Å². The first-order chi connectivity index (χ1) is 11.8. The van der Waals surface area contributed by atoms with Crippen LogP contribution in [-0.4, -0.2) is 24.7 Å². The van der Waals surface area contributed by atoms with E-state index >= 15 is 0 Å². The second-order valence-electron chi connectivity index (χ2n) is 6.08. The molecule has 0 aliphatic carbocycles. The molecule has 1 atom stereocenters. The average Bonchev–Trinajstić information content (AvgIpc) is 2.63. The van der Waals surface area contributed by atoms with Crippen LogP contribution in [0.1, 0.15) is 24.1 Å². The van der Waals surface area contributed by atoms with Gasteiger partial charge in [0.2, 0.25) is 0 Å². The largest absolute Gasteiger partial charge is 0.487 e. The lowest BCUT2D eigenvalue weighted by molar-refractivity contribution is 0.0547. The number of hydrogen-bond donors (Lipinski definition) is 1. The van der Waals surface area contributed by atoms with Crippen molar-refractivity contribution in [3.63, 3.8) is 0 Å². The third-order valence-corrected chi connectivity index (χ3v) is 4.62. The molecule has 2 aromatic rings. The number of aromatic nitrogens is 1. The predicted molar refractivity (Wildman–Crippen MR) is 98.0 cm³/mol. The van der Waals surface area contributed by atoms with Crippen molar-refractivity contribution < 1.29 is 9.47 Å². The van der Waals surface area contributed by atoms with E-state index in [2.05, 4.69) is 32.3 Å². The average molecular weight is 391 g/mol. The van der Waals surface area contributed by atoms with Gasteiger partial charge in [0.15, 0.2) is 0 Å². The first-order valence-electron chi connectivity index (χ1n) is 8.41. The van der Waals surface area contributed by atoms with Gasteiger partial charge in [-0.25, -0.2) is 0 Å². The molecule has 0 saturated carbocycles. The maximum absolute atomic E-state index is 5.97. The number of ether oxygens (including phenoxy) is 2. The smallest absolute Gasteiger partial charge is 0.130 e.